The first-order valence-electron chi connectivity index (χ1n) is 9.19. The molecule has 5 nitrogen and oxygen atoms in total. The van der Waals surface area contributed by atoms with E-state index >= 15 is 0 Å². The van der Waals surface area contributed by atoms with Gasteiger partial charge in [-0.1, -0.05) is 6.92 Å². The first-order valence-corrected chi connectivity index (χ1v) is 10.0. The maximum Gasteiger partial charge on any atom is 0.266 e. The highest BCUT2D eigenvalue weighted by Gasteiger charge is 2.26. The van der Waals surface area contributed by atoms with Gasteiger partial charge in [0, 0.05) is 24.0 Å². The molecule has 1 unspecified atom stereocenters. The lowest BCUT2D eigenvalue weighted by molar-refractivity contribution is 0.0689. The highest BCUT2D eigenvalue weighted by atomic mass is 32.1. The van der Waals surface area contributed by atoms with Gasteiger partial charge >= 0.3 is 0 Å². The van der Waals surface area contributed by atoms with Crippen molar-refractivity contribution in [3.8, 4) is 17.0 Å². The lowest BCUT2D eigenvalue weighted by atomic mass is 10.00. The molecular weight excluding hydrogens is 358 g/mol. The van der Waals surface area contributed by atoms with Crippen molar-refractivity contribution in [3.63, 3.8) is 0 Å². The molecule has 27 heavy (non-hydrogen) atoms. The van der Waals surface area contributed by atoms with Gasteiger partial charge in [-0.2, -0.15) is 0 Å². The van der Waals surface area contributed by atoms with Crippen LogP contribution in [0.3, 0.4) is 0 Å². The lowest BCUT2D eigenvalue weighted by Crippen LogP contribution is -2.38. The summed E-state index contributed by atoms with van der Waals surface area (Å²) in [5.41, 5.74) is 8.72. The number of nitrogens with zero attached hydrogens (tertiary/aromatic N) is 2. The van der Waals surface area contributed by atoms with Crippen LogP contribution in [0.2, 0.25) is 0 Å². The summed E-state index contributed by atoms with van der Waals surface area (Å²) in [7, 11) is 1.65. The molecule has 3 aromatic rings. The Morgan fingerprint density at radius 2 is 2.04 bits per heavy atom. The van der Waals surface area contributed by atoms with Crippen molar-refractivity contribution in [3.05, 3.63) is 41.3 Å². The number of rotatable bonds is 3. The monoisotopic (exact) mass is 381 g/mol. The zero-order valence-corrected chi connectivity index (χ0v) is 16.4. The molecule has 1 atom stereocenters. The Morgan fingerprint density at radius 1 is 1.26 bits per heavy atom. The van der Waals surface area contributed by atoms with Crippen molar-refractivity contribution in [2.24, 2.45) is 5.92 Å². The molecule has 1 aliphatic heterocycles. The minimum Gasteiger partial charge on any atom is -0.497 e. The van der Waals surface area contributed by atoms with E-state index in [4.69, 9.17) is 15.5 Å². The van der Waals surface area contributed by atoms with Crippen LogP contribution in [0.25, 0.3) is 21.5 Å². The number of amides is 1. The number of benzene rings is 1. The van der Waals surface area contributed by atoms with Gasteiger partial charge in [0.05, 0.1) is 18.5 Å². The van der Waals surface area contributed by atoms with E-state index in [0.29, 0.717) is 16.5 Å². The molecule has 6 heteroatoms. The van der Waals surface area contributed by atoms with Crippen LogP contribution in [0.1, 0.15) is 29.4 Å². The zero-order chi connectivity index (χ0) is 19.0. The number of piperidine rings is 1. The van der Waals surface area contributed by atoms with Crippen molar-refractivity contribution in [1.82, 2.24) is 9.88 Å². The summed E-state index contributed by atoms with van der Waals surface area (Å²) in [6.07, 6.45) is 2.23. The van der Waals surface area contributed by atoms with Crippen molar-refractivity contribution in [2.75, 3.05) is 25.9 Å². The van der Waals surface area contributed by atoms with Crippen LogP contribution in [0.4, 0.5) is 5.69 Å². The van der Waals surface area contributed by atoms with E-state index in [1.54, 1.807) is 7.11 Å². The molecule has 0 bridgehead atoms. The summed E-state index contributed by atoms with van der Waals surface area (Å²) in [4.78, 5) is 21.1. The van der Waals surface area contributed by atoms with Gasteiger partial charge in [-0.05, 0) is 55.2 Å². The summed E-state index contributed by atoms with van der Waals surface area (Å²) in [5.74, 6) is 1.38. The predicted octanol–water partition coefficient (Wildman–Crippen LogP) is 4.43. The fourth-order valence-corrected chi connectivity index (χ4v) is 4.66. The molecule has 0 spiro atoms. The normalized spacial score (nSPS) is 17.3. The third-order valence-electron chi connectivity index (χ3n) is 5.12. The van der Waals surface area contributed by atoms with E-state index < -0.39 is 0 Å². The highest BCUT2D eigenvalue weighted by Crippen LogP contribution is 2.35. The Kier molecular flexibility index (Phi) is 4.74. The standard InChI is InChI=1S/C21H23N3O2S/c1-13-4-3-11-24(12-13)21(25)19-18(22)16-9-10-17(23-20(16)27-19)14-5-7-15(26-2)8-6-14/h5-10,13H,3-4,11-12,22H2,1-2H3. The van der Waals surface area contributed by atoms with Gasteiger partial charge in [-0.3, -0.25) is 4.79 Å². The van der Waals surface area contributed by atoms with Crippen LogP contribution >= 0.6 is 11.3 Å². The summed E-state index contributed by atoms with van der Waals surface area (Å²) < 4.78 is 5.21. The number of ether oxygens (including phenoxy) is 1. The topological polar surface area (TPSA) is 68.5 Å². The number of hydrogen-bond donors (Lipinski definition) is 1. The van der Waals surface area contributed by atoms with Crippen LogP contribution in [0.5, 0.6) is 5.75 Å². The molecular formula is C21H23N3O2S. The Bertz CT molecular complexity index is 981. The second-order valence-electron chi connectivity index (χ2n) is 7.12. The molecule has 140 valence electrons. The summed E-state index contributed by atoms with van der Waals surface area (Å²) in [5, 5.41) is 0.852. The van der Waals surface area contributed by atoms with E-state index in [1.807, 2.05) is 41.3 Å². The largest absolute Gasteiger partial charge is 0.497 e. The van der Waals surface area contributed by atoms with Crippen LogP contribution in [-0.2, 0) is 0 Å². The fourth-order valence-electron chi connectivity index (χ4n) is 3.60. The number of hydrogen-bond acceptors (Lipinski definition) is 5. The third-order valence-corrected chi connectivity index (χ3v) is 6.22. The molecule has 2 aromatic heterocycles. The van der Waals surface area contributed by atoms with Crippen molar-refractivity contribution in [1.29, 1.82) is 0 Å². The molecule has 1 saturated heterocycles. The average Bonchev–Trinajstić information content (AvgIpc) is 3.03. The van der Waals surface area contributed by atoms with Crippen molar-refractivity contribution < 1.29 is 9.53 Å². The number of likely N-dealkylation sites (tertiary alicyclic amines) is 1. The van der Waals surface area contributed by atoms with Crippen LogP contribution < -0.4 is 10.5 Å². The number of thiophene rings is 1. The van der Waals surface area contributed by atoms with Gasteiger partial charge in [-0.25, -0.2) is 4.98 Å². The number of aromatic nitrogens is 1. The molecule has 3 heterocycles. The van der Waals surface area contributed by atoms with Crippen LogP contribution in [0, 0.1) is 5.92 Å². The molecule has 0 aliphatic carbocycles. The van der Waals surface area contributed by atoms with Gasteiger partial charge in [0.25, 0.3) is 5.91 Å². The molecule has 4 rings (SSSR count). The van der Waals surface area contributed by atoms with Crippen molar-refractivity contribution in [2.45, 2.75) is 19.8 Å². The number of pyridine rings is 1. The second kappa shape index (κ2) is 7.19. The second-order valence-corrected chi connectivity index (χ2v) is 8.12. The summed E-state index contributed by atoms with van der Waals surface area (Å²) in [6.45, 7) is 3.80. The maximum absolute atomic E-state index is 13.0. The number of methoxy groups -OCH3 is 1. The zero-order valence-electron chi connectivity index (χ0n) is 15.6. The number of carbonyl (C=O) groups is 1. The summed E-state index contributed by atoms with van der Waals surface area (Å²) in [6, 6.07) is 11.7. The molecule has 1 fully saturated rings. The first kappa shape index (κ1) is 17.8. The average molecular weight is 382 g/mol. The van der Waals surface area contributed by atoms with Gasteiger partial charge in [0.2, 0.25) is 0 Å². The first-order chi connectivity index (χ1) is 13.1. The van der Waals surface area contributed by atoms with Crippen LogP contribution in [-0.4, -0.2) is 36.0 Å². The SMILES string of the molecule is COc1ccc(-c2ccc3c(N)c(C(=O)N4CCCC(C)C4)sc3n2)cc1. The Balaban J connectivity index is 1.67. The van der Waals surface area contributed by atoms with E-state index in [1.165, 1.54) is 17.8 Å². The lowest BCUT2D eigenvalue weighted by Gasteiger charge is -2.30. The van der Waals surface area contributed by atoms with E-state index in [0.717, 1.165) is 46.7 Å². The fraction of sp³-hybridized carbons (Fsp3) is 0.333. The molecule has 2 N–H and O–H groups in total. The van der Waals surface area contributed by atoms with E-state index in [9.17, 15) is 4.79 Å². The Hall–Kier alpha value is -2.60. The number of fused-ring (bicyclic) bond motifs is 1. The van der Waals surface area contributed by atoms with Gasteiger partial charge < -0.3 is 15.4 Å². The van der Waals surface area contributed by atoms with Crippen molar-refractivity contribution >= 4 is 33.1 Å². The van der Waals surface area contributed by atoms with Gasteiger partial charge in [0.15, 0.2) is 0 Å². The molecule has 1 amide bonds. The number of carbonyl (C=O) groups excluding carboxylic acids is 1. The maximum atomic E-state index is 13.0. The molecule has 1 aromatic carbocycles. The van der Waals surface area contributed by atoms with E-state index in [2.05, 4.69) is 6.92 Å². The number of anilines is 1. The minimum atomic E-state index is 0.0352. The van der Waals surface area contributed by atoms with Crippen LogP contribution in [0.15, 0.2) is 36.4 Å². The number of nitrogen functional groups attached to an aromatic ring is 1. The third kappa shape index (κ3) is 3.37. The van der Waals surface area contributed by atoms with Gasteiger partial charge in [0.1, 0.15) is 15.5 Å². The van der Waals surface area contributed by atoms with E-state index in [-0.39, 0.29) is 5.91 Å². The molecule has 1 aliphatic rings. The van der Waals surface area contributed by atoms with Gasteiger partial charge in [-0.15, -0.1) is 11.3 Å². The Morgan fingerprint density at radius 3 is 2.74 bits per heavy atom. The quantitative estimate of drug-likeness (QED) is 0.729. The smallest absolute Gasteiger partial charge is 0.266 e. The Labute approximate surface area is 162 Å². The molecule has 0 radical (unpaired) electrons. The highest BCUT2D eigenvalue weighted by molar-refractivity contribution is 7.21. The number of nitrogens with two attached hydrogens (primary N) is 1. The summed E-state index contributed by atoms with van der Waals surface area (Å²) >= 11 is 1.39. The molecule has 0 saturated carbocycles. The predicted molar refractivity (Wildman–Crippen MR) is 110 cm³/mol. The minimum absolute atomic E-state index is 0.0352.